The van der Waals surface area contributed by atoms with Gasteiger partial charge in [-0.1, -0.05) is 46.3 Å². The van der Waals surface area contributed by atoms with Crippen LogP contribution in [0.4, 0.5) is 17.1 Å². The minimum absolute atomic E-state index is 0. The van der Waals surface area contributed by atoms with E-state index in [0.29, 0.717) is 5.69 Å². The van der Waals surface area contributed by atoms with E-state index in [1.54, 1.807) is 36.4 Å². The Balaban J connectivity index is 0.00000256. The molecule has 0 aromatic heterocycles. The zero-order valence-electron chi connectivity index (χ0n) is 14.6. The zero-order valence-corrected chi connectivity index (χ0v) is 17.0. The molecule has 0 aliphatic heterocycles. The SMILES string of the molecule is Nc1c(S(=O)(=O)O)cc(Nc2cccc(Br)c2)c2c1C(=O)c1ccccc1C2=O.[NaH]. The third-order valence-corrected chi connectivity index (χ3v) is 5.97. The fraction of sp³-hybridized carbons (Fsp3) is 0. The number of fused-ring (bicyclic) bond motifs is 2. The van der Waals surface area contributed by atoms with Crippen molar-refractivity contribution in [1.82, 2.24) is 0 Å². The van der Waals surface area contributed by atoms with Crippen molar-refractivity contribution in [3.05, 3.63) is 81.3 Å². The minimum atomic E-state index is -4.75. The van der Waals surface area contributed by atoms with Crippen LogP contribution < -0.4 is 11.1 Å². The van der Waals surface area contributed by atoms with Crippen molar-refractivity contribution in [3.63, 3.8) is 0 Å². The van der Waals surface area contributed by atoms with Crippen LogP contribution in [0.1, 0.15) is 31.8 Å². The van der Waals surface area contributed by atoms with E-state index in [4.69, 9.17) is 5.73 Å². The van der Waals surface area contributed by atoms with Crippen LogP contribution >= 0.6 is 15.9 Å². The van der Waals surface area contributed by atoms with Gasteiger partial charge in [-0.2, -0.15) is 8.42 Å². The van der Waals surface area contributed by atoms with Gasteiger partial charge < -0.3 is 11.1 Å². The molecule has 3 aromatic carbocycles. The summed E-state index contributed by atoms with van der Waals surface area (Å²) in [5.41, 5.74) is 6.09. The van der Waals surface area contributed by atoms with Crippen molar-refractivity contribution in [3.8, 4) is 0 Å². The number of carbonyl (C=O) groups is 2. The van der Waals surface area contributed by atoms with E-state index in [1.165, 1.54) is 12.1 Å². The van der Waals surface area contributed by atoms with Crippen LogP contribution in [0, 0.1) is 0 Å². The van der Waals surface area contributed by atoms with E-state index in [9.17, 15) is 22.6 Å². The Morgan fingerprint density at radius 2 is 1.50 bits per heavy atom. The van der Waals surface area contributed by atoms with Crippen molar-refractivity contribution in [1.29, 1.82) is 0 Å². The number of benzene rings is 3. The predicted molar refractivity (Wildman–Crippen MR) is 119 cm³/mol. The molecule has 0 radical (unpaired) electrons. The number of hydrogen-bond acceptors (Lipinski definition) is 6. The van der Waals surface area contributed by atoms with Crippen LogP contribution in [0.3, 0.4) is 0 Å². The molecule has 7 nitrogen and oxygen atoms in total. The van der Waals surface area contributed by atoms with Gasteiger partial charge in [0, 0.05) is 21.3 Å². The van der Waals surface area contributed by atoms with Gasteiger partial charge >= 0.3 is 29.6 Å². The van der Waals surface area contributed by atoms with Crippen LogP contribution in [-0.4, -0.2) is 54.1 Å². The number of ketones is 2. The van der Waals surface area contributed by atoms with Crippen LogP contribution in [-0.2, 0) is 10.1 Å². The molecular weight excluding hydrogens is 483 g/mol. The van der Waals surface area contributed by atoms with E-state index in [1.807, 2.05) is 0 Å². The fourth-order valence-corrected chi connectivity index (χ4v) is 4.37. The van der Waals surface area contributed by atoms with Crippen molar-refractivity contribution in [2.75, 3.05) is 11.1 Å². The molecule has 1 aliphatic carbocycles. The van der Waals surface area contributed by atoms with Gasteiger partial charge in [0.2, 0.25) is 0 Å². The van der Waals surface area contributed by atoms with Crippen LogP contribution in [0.25, 0.3) is 0 Å². The van der Waals surface area contributed by atoms with Gasteiger partial charge in [0.05, 0.1) is 22.5 Å². The first-order valence-corrected chi connectivity index (χ1v) is 10.6. The van der Waals surface area contributed by atoms with E-state index in [0.717, 1.165) is 10.5 Å². The molecule has 0 amide bonds. The summed E-state index contributed by atoms with van der Waals surface area (Å²) in [7, 11) is -4.75. The second-order valence-electron chi connectivity index (χ2n) is 6.40. The number of carbonyl (C=O) groups excluding carboxylic acids is 2. The molecule has 0 spiro atoms. The van der Waals surface area contributed by atoms with Gasteiger partial charge in [-0.15, -0.1) is 0 Å². The molecule has 0 unspecified atom stereocenters. The standard InChI is InChI=1S/C20H13BrN2O5S.Na.H/c21-10-4-3-5-11(8-10)23-14-9-15(29(26,27)28)18(22)17-16(14)19(24)12-6-1-2-7-13(12)20(17)25;;/h1-9,23H,22H2,(H,26,27,28);;. The Bertz CT molecular complexity index is 1320. The molecule has 10 heteroatoms. The normalized spacial score (nSPS) is 12.6. The van der Waals surface area contributed by atoms with E-state index in [-0.39, 0.29) is 57.5 Å². The third kappa shape index (κ3) is 3.84. The molecule has 0 heterocycles. The summed E-state index contributed by atoms with van der Waals surface area (Å²) in [6.45, 7) is 0. The van der Waals surface area contributed by atoms with E-state index >= 15 is 0 Å². The Hall–Kier alpha value is -2.01. The van der Waals surface area contributed by atoms with Crippen LogP contribution in [0.5, 0.6) is 0 Å². The molecule has 1 aliphatic rings. The van der Waals surface area contributed by atoms with E-state index in [2.05, 4.69) is 21.2 Å². The first-order valence-electron chi connectivity index (χ1n) is 8.33. The molecule has 0 saturated carbocycles. The molecule has 30 heavy (non-hydrogen) atoms. The van der Waals surface area contributed by atoms with Crippen molar-refractivity contribution in [2.45, 2.75) is 4.90 Å². The molecule has 0 fully saturated rings. The van der Waals surface area contributed by atoms with Gasteiger partial charge in [-0.25, -0.2) is 0 Å². The average Bonchev–Trinajstić information content (AvgIpc) is 2.66. The maximum atomic E-state index is 13.2. The topological polar surface area (TPSA) is 127 Å². The quantitative estimate of drug-likeness (QED) is 0.226. The van der Waals surface area contributed by atoms with Gasteiger partial charge in [0.15, 0.2) is 11.6 Å². The monoisotopic (exact) mass is 496 g/mol. The van der Waals surface area contributed by atoms with Crippen LogP contribution in [0.15, 0.2) is 64.0 Å². The molecule has 0 bridgehead atoms. The maximum absolute atomic E-state index is 13.2. The molecule has 4 N–H and O–H groups in total. The Morgan fingerprint density at radius 3 is 2.07 bits per heavy atom. The Morgan fingerprint density at radius 1 is 0.900 bits per heavy atom. The summed E-state index contributed by atoms with van der Waals surface area (Å²) >= 11 is 3.33. The number of nitrogens with one attached hydrogen (secondary N) is 1. The number of nitrogens with two attached hydrogens (primary N) is 1. The second kappa shape index (κ2) is 8.26. The summed E-state index contributed by atoms with van der Waals surface area (Å²) in [5.74, 6) is -1.06. The van der Waals surface area contributed by atoms with E-state index < -0.39 is 32.3 Å². The predicted octanol–water partition coefficient (Wildman–Crippen LogP) is 3.15. The van der Waals surface area contributed by atoms with Gasteiger partial charge in [-0.05, 0) is 24.3 Å². The second-order valence-corrected chi connectivity index (χ2v) is 8.71. The summed E-state index contributed by atoms with van der Waals surface area (Å²) < 4.78 is 34.1. The van der Waals surface area contributed by atoms with Gasteiger partial charge in [0.1, 0.15) is 4.90 Å². The summed E-state index contributed by atoms with van der Waals surface area (Å²) in [6, 6.07) is 14.2. The first kappa shape index (κ1) is 22.7. The molecule has 0 saturated heterocycles. The number of halogens is 1. The molecule has 4 rings (SSSR count). The molecular formula is C20H14BrN2NaO5S. The fourth-order valence-electron chi connectivity index (χ4n) is 3.33. The Kier molecular flexibility index (Phi) is 6.24. The number of rotatable bonds is 3. The number of hydrogen-bond donors (Lipinski definition) is 3. The van der Waals surface area contributed by atoms with Crippen LogP contribution in [0.2, 0.25) is 0 Å². The summed E-state index contributed by atoms with van der Waals surface area (Å²) in [6.07, 6.45) is 0. The van der Waals surface area contributed by atoms with Crippen molar-refractivity contribution < 1.29 is 22.6 Å². The summed E-state index contributed by atoms with van der Waals surface area (Å²) in [4.78, 5) is 25.6. The third-order valence-electron chi connectivity index (χ3n) is 4.58. The molecule has 3 aromatic rings. The van der Waals surface area contributed by atoms with Gasteiger partial charge in [-0.3, -0.25) is 14.1 Å². The first-order chi connectivity index (χ1) is 13.7. The van der Waals surface area contributed by atoms with Crippen molar-refractivity contribution in [2.24, 2.45) is 0 Å². The zero-order chi connectivity index (χ0) is 20.9. The average molecular weight is 497 g/mol. The number of nitrogen functional groups attached to an aromatic ring is 1. The summed E-state index contributed by atoms with van der Waals surface area (Å²) in [5, 5.41) is 2.96. The molecule has 0 atom stereocenters. The molecule has 148 valence electrons. The Labute approximate surface area is 202 Å². The van der Waals surface area contributed by atoms with Gasteiger partial charge in [0.25, 0.3) is 10.1 Å². The number of anilines is 3. The van der Waals surface area contributed by atoms with Crippen molar-refractivity contribution >= 4 is 84.2 Å².